The van der Waals surface area contributed by atoms with Gasteiger partial charge in [-0.05, 0) is 65.5 Å². The standard InChI is InChI=1S/C25H39N3O6S/c1-24(2,3)33-20(29)16-26-21(30)19(15-17-11-9-8-10-12-17)27-22(31)18(13-14-35-7)28-23(32)34-25(4,5)6/h8-12,18-19H,13-16H2,1-7H3,(H,26,30)(H,27,31)(H,28,32). The molecular weight excluding hydrogens is 470 g/mol. The monoisotopic (exact) mass is 509 g/mol. The second-order valence-electron chi connectivity index (χ2n) is 10.0. The number of benzene rings is 1. The minimum Gasteiger partial charge on any atom is -0.459 e. The third kappa shape index (κ3) is 13.7. The molecule has 3 amide bonds. The van der Waals surface area contributed by atoms with Gasteiger partial charge in [-0.15, -0.1) is 0 Å². The average molecular weight is 510 g/mol. The third-order valence-electron chi connectivity index (χ3n) is 4.36. The molecule has 0 radical (unpaired) electrons. The van der Waals surface area contributed by atoms with Crippen molar-refractivity contribution in [2.45, 2.75) is 77.7 Å². The van der Waals surface area contributed by atoms with E-state index >= 15 is 0 Å². The van der Waals surface area contributed by atoms with Gasteiger partial charge in [-0.1, -0.05) is 30.3 Å². The zero-order valence-corrected chi connectivity index (χ0v) is 22.5. The predicted octanol–water partition coefficient (Wildman–Crippen LogP) is 2.82. The predicted molar refractivity (Wildman–Crippen MR) is 137 cm³/mol. The maximum Gasteiger partial charge on any atom is 0.408 e. The zero-order chi connectivity index (χ0) is 26.6. The molecule has 0 fully saturated rings. The van der Waals surface area contributed by atoms with Crippen LogP contribution in [0, 0.1) is 0 Å². The largest absolute Gasteiger partial charge is 0.459 e. The van der Waals surface area contributed by atoms with Crippen LogP contribution in [0.2, 0.25) is 0 Å². The SMILES string of the molecule is CSCCC(NC(=O)OC(C)(C)C)C(=O)NC(Cc1ccccc1)C(=O)NCC(=O)OC(C)(C)C. The summed E-state index contributed by atoms with van der Waals surface area (Å²) in [5.74, 6) is -1.02. The Morgan fingerprint density at radius 1 is 0.857 bits per heavy atom. The van der Waals surface area contributed by atoms with Crippen molar-refractivity contribution in [1.29, 1.82) is 0 Å². The number of carbonyl (C=O) groups excluding carboxylic acids is 4. The Morgan fingerprint density at radius 3 is 2.00 bits per heavy atom. The molecule has 0 aliphatic rings. The van der Waals surface area contributed by atoms with E-state index in [9.17, 15) is 19.2 Å². The van der Waals surface area contributed by atoms with Crippen molar-refractivity contribution >= 4 is 35.6 Å². The van der Waals surface area contributed by atoms with E-state index in [0.29, 0.717) is 12.2 Å². The molecule has 1 rings (SSSR count). The van der Waals surface area contributed by atoms with E-state index in [1.807, 2.05) is 36.6 Å². The van der Waals surface area contributed by atoms with Gasteiger partial charge in [0.25, 0.3) is 0 Å². The summed E-state index contributed by atoms with van der Waals surface area (Å²) in [5.41, 5.74) is -0.578. The smallest absolute Gasteiger partial charge is 0.408 e. The van der Waals surface area contributed by atoms with Crippen molar-refractivity contribution in [1.82, 2.24) is 16.0 Å². The molecule has 0 bridgehead atoms. The summed E-state index contributed by atoms with van der Waals surface area (Å²) in [6.45, 7) is 10.1. The van der Waals surface area contributed by atoms with E-state index in [4.69, 9.17) is 9.47 Å². The van der Waals surface area contributed by atoms with E-state index in [0.717, 1.165) is 5.56 Å². The fraction of sp³-hybridized carbons (Fsp3) is 0.600. The third-order valence-corrected chi connectivity index (χ3v) is 5.00. The summed E-state index contributed by atoms with van der Waals surface area (Å²) in [4.78, 5) is 50.4. The average Bonchev–Trinajstić information content (AvgIpc) is 2.72. The van der Waals surface area contributed by atoms with Gasteiger partial charge in [-0.25, -0.2) is 4.79 Å². The van der Waals surface area contributed by atoms with Crippen LogP contribution < -0.4 is 16.0 Å². The molecule has 1 aromatic rings. The highest BCUT2D eigenvalue weighted by Gasteiger charge is 2.29. The lowest BCUT2D eigenvalue weighted by atomic mass is 10.0. The second-order valence-corrected chi connectivity index (χ2v) is 11.0. The number of esters is 1. The van der Waals surface area contributed by atoms with Crippen LogP contribution in [0.25, 0.3) is 0 Å². The van der Waals surface area contributed by atoms with Crippen LogP contribution in [0.15, 0.2) is 30.3 Å². The van der Waals surface area contributed by atoms with Crippen molar-refractivity contribution in [2.75, 3.05) is 18.6 Å². The highest BCUT2D eigenvalue weighted by Crippen LogP contribution is 2.10. The van der Waals surface area contributed by atoms with Crippen molar-refractivity contribution in [2.24, 2.45) is 0 Å². The number of ether oxygens (including phenoxy) is 2. The fourth-order valence-corrected chi connectivity index (χ4v) is 3.42. The van der Waals surface area contributed by atoms with Crippen LogP contribution in [0.5, 0.6) is 0 Å². The lowest BCUT2D eigenvalue weighted by Gasteiger charge is -2.25. The molecule has 0 spiro atoms. The highest BCUT2D eigenvalue weighted by molar-refractivity contribution is 7.98. The normalized spacial score (nSPS) is 13.2. The van der Waals surface area contributed by atoms with Gasteiger partial charge in [0.05, 0.1) is 0 Å². The van der Waals surface area contributed by atoms with Crippen LogP contribution >= 0.6 is 11.8 Å². The Hall–Kier alpha value is -2.75. The number of alkyl carbamates (subject to hydrolysis) is 1. The van der Waals surface area contributed by atoms with Crippen LogP contribution in [0.1, 0.15) is 53.5 Å². The van der Waals surface area contributed by atoms with Gasteiger partial charge in [-0.2, -0.15) is 11.8 Å². The molecule has 35 heavy (non-hydrogen) atoms. The first-order chi connectivity index (χ1) is 16.2. The van der Waals surface area contributed by atoms with Gasteiger partial charge >= 0.3 is 12.1 Å². The number of nitrogens with one attached hydrogen (secondary N) is 3. The number of thioether (sulfide) groups is 1. The maximum atomic E-state index is 13.1. The first kappa shape index (κ1) is 30.3. The molecule has 1 aromatic carbocycles. The first-order valence-corrected chi connectivity index (χ1v) is 12.9. The van der Waals surface area contributed by atoms with Gasteiger partial charge in [0, 0.05) is 6.42 Å². The molecule has 9 nitrogen and oxygen atoms in total. The molecule has 196 valence electrons. The topological polar surface area (TPSA) is 123 Å². The second kappa shape index (κ2) is 14.0. The van der Waals surface area contributed by atoms with Crippen LogP contribution in [0.4, 0.5) is 4.79 Å². The van der Waals surface area contributed by atoms with Gasteiger partial charge in [0.2, 0.25) is 11.8 Å². The summed E-state index contributed by atoms with van der Waals surface area (Å²) in [5, 5.41) is 7.87. The van der Waals surface area contributed by atoms with Crippen molar-refractivity contribution in [3.8, 4) is 0 Å². The molecule has 2 atom stereocenters. The Labute approximate surface area is 212 Å². The summed E-state index contributed by atoms with van der Waals surface area (Å²) in [7, 11) is 0. The van der Waals surface area contributed by atoms with Gasteiger partial charge in [-0.3, -0.25) is 14.4 Å². The number of carbonyl (C=O) groups is 4. The zero-order valence-electron chi connectivity index (χ0n) is 21.7. The lowest BCUT2D eigenvalue weighted by Crippen LogP contribution is -2.55. The Balaban J connectivity index is 2.96. The number of hydrogen-bond donors (Lipinski definition) is 3. The number of amides is 3. The van der Waals surface area contributed by atoms with Gasteiger partial charge < -0.3 is 25.4 Å². The Kier molecular flexibility index (Phi) is 12.1. The molecule has 3 N–H and O–H groups in total. The molecule has 0 saturated heterocycles. The summed E-state index contributed by atoms with van der Waals surface area (Å²) >= 11 is 1.53. The van der Waals surface area contributed by atoms with Crippen LogP contribution in [-0.4, -0.2) is 65.7 Å². The molecule has 10 heteroatoms. The van der Waals surface area contributed by atoms with Crippen molar-refractivity contribution < 1.29 is 28.7 Å². The van der Waals surface area contributed by atoms with E-state index < -0.39 is 47.2 Å². The molecule has 0 saturated carbocycles. The number of rotatable bonds is 11. The molecular formula is C25H39N3O6S. The molecule has 0 aliphatic heterocycles. The minimum atomic E-state index is -0.968. The van der Waals surface area contributed by atoms with E-state index in [2.05, 4.69) is 16.0 Å². The summed E-state index contributed by atoms with van der Waals surface area (Å²) in [6, 6.07) is 7.33. The molecule has 2 unspecified atom stereocenters. The fourth-order valence-electron chi connectivity index (χ4n) is 2.95. The maximum absolute atomic E-state index is 13.1. The lowest BCUT2D eigenvalue weighted by molar-refractivity contribution is -0.154. The van der Waals surface area contributed by atoms with Crippen LogP contribution in [-0.2, 0) is 30.3 Å². The van der Waals surface area contributed by atoms with E-state index in [1.165, 1.54) is 11.8 Å². The van der Waals surface area contributed by atoms with E-state index in [1.54, 1.807) is 41.5 Å². The molecule has 0 heterocycles. The van der Waals surface area contributed by atoms with E-state index in [-0.39, 0.29) is 13.0 Å². The highest BCUT2D eigenvalue weighted by atomic mass is 32.2. The summed E-state index contributed by atoms with van der Waals surface area (Å²) in [6.07, 6.45) is 1.73. The molecule has 0 aliphatic carbocycles. The quantitative estimate of drug-likeness (QED) is 0.392. The Morgan fingerprint density at radius 2 is 1.46 bits per heavy atom. The van der Waals surface area contributed by atoms with Crippen molar-refractivity contribution in [3.05, 3.63) is 35.9 Å². The molecule has 0 aromatic heterocycles. The van der Waals surface area contributed by atoms with Crippen LogP contribution in [0.3, 0.4) is 0 Å². The number of hydrogen-bond acceptors (Lipinski definition) is 7. The van der Waals surface area contributed by atoms with Crippen molar-refractivity contribution in [3.63, 3.8) is 0 Å². The van der Waals surface area contributed by atoms with Gasteiger partial charge in [0.15, 0.2) is 0 Å². The summed E-state index contributed by atoms with van der Waals surface area (Å²) < 4.78 is 10.5. The minimum absolute atomic E-state index is 0.203. The first-order valence-electron chi connectivity index (χ1n) is 11.5. The Bertz CT molecular complexity index is 849. The van der Waals surface area contributed by atoms with Gasteiger partial charge in [0.1, 0.15) is 29.8 Å².